The summed E-state index contributed by atoms with van der Waals surface area (Å²) >= 11 is 3.51. The molecule has 0 aromatic heterocycles. The fraction of sp³-hybridized carbons (Fsp3) is 0.267. The van der Waals surface area contributed by atoms with Gasteiger partial charge >= 0.3 is 0 Å². The summed E-state index contributed by atoms with van der Waals surface area (Å²) in [6, 6.07) is 23.6. The molecule has 0 aliphatic carbocycles. The number of ether oxygens (including phenoxy) is 2. The molecule has 7 heteroatoms. The van der Waals surface area contributed by atoms with Gasteiger partial charge in [0.05, 0.1) is 6.61 Å². The molecule has 2 atom stereocenters. The van der Waals surface area contributed by atoms with E-state index in [1.54, 1.807) is 6.08 Å². The van der Waals surface area contributed by atoms with E-state index in [1.807, 2.05) is 77.7 Å². The minimum absolute atomic E-state index is 0.0736. The fourth-order valence-corrected chi connectivity index (χ4v) is 5.21. The lowest BCUT2D eigenvalue weighted by atomic mass is 9.81. The Kier molecular flexibility index (Phi) is 7.44. The smallest absolute Gasteiger partial charge is 0.255 e. The van der Waals surface area contributed by atoms with Crippen LogP contribution in [0.15, 0.2) is 94.9 Å². The molecule has 0 bridgehead atoms. The molecule has 1 amide bonds. The van der Waals surface area contributed by atoms with Crippen LogP contribution >= 0.6 is 15.9 Å². The van der Waals surface area contributed by atoms with Gasteiger partial charge in [0.2, 0.25) is 5.90 Å². The normalized spacial score (nSPS) is 20.4. The number of carbonyl (C=O) groups is 1. The number of rotatable bonds is 9. The average molecular weight is 561 g/mol. The molecule has 6 nitrogen and oxygen atoms in total. The van der Waals surface area contributed by atoms with Crippen LogP contribution in [-0.4, -0.2) is 47.1 Å². The number of hydrogen-bond donors (Lipinski definition) is 1. The van der Waals surface area contributed by atoms with Gasteiger partial charge in [-0.3, -0.25) is 4.79 Å². The highest BCUT2D eigenvalue weighted by atomic mass is 79.9. The van der Waals surface area contributed by atoms with Gasteiger partial charge in [-0.2, -0.15) is 0 Å². The van der Waals surface area contributed by atoms with Gasteiger partial charge < -0.3 is 19.5 Å². The van der Waals surface area contributed by atoms with Crippen LogP contribution in [0.5, 0.6) is 5.75 Å². The average Bonchev–Trinajstić information content (AvgIpc) is 3.26. The van der Waals surface area contributed by atoms with Crippen LogP contribution in [-0.2, 0) is 22.5 Å². The summed E-state index contributed by atoms with van der Waals surface area (Å²) in [7, 11) is 0. The maximum absolute atomic E-state index is 14.3. The highest BCUT2D eigenvalue weighted by Crippen LogP contribution is 2.46. The lowest BCUT2D eigenvalue weighted by molar-refractivity contribution is -0.139. The third-order valence-corrected chi connectivity index (χ3v) is 7.26. The molecule has 0 saturated heterocycles. The van der Waals surface area contributed by atoms with Crippen molar-refractivity contribution in [2.45, 2.75) is 31.0 Å². The van der Waals surface area contributed by atoms with E-state index < -0.39 is 11.6 Å². The first kappa shape index (κ1) is 25.2. The molecule has 0 spiro atoms. The van der Waals surface area contributed by atoms with Crippen molar-refractivity contribution in [3.63, 3.8) is 0 Å². The van der Waals surface area contributed by atoms with E-state index in [0.717, 1.165) is 26.7 Å². The lowest BCUT2D eigenvalue weighted by Crippen LogP contribution is -2.49. The van der Waals surface area contributed by atoms with E-state index in [2.05, 4.69) is 22.5 Å². The van der Waals surface area contributed by atoms with E-state index in [0.29, 0.717) is 44.2 Å². The SMILES string of the molecule is C=CCN1Cc2ccccc2[C@H]2OC(c3ccc(OCCCO)cc3)=N[C@@]2(Cc2ccc(Br)cc2)C1=O. The van der Waals surface area contributed by atoms with Gasteiger partial charge in [-0.05, 0) is 47.5 Å². The minimum Gasteiger partial charge on any atom is -0.494 e. The maximum atomic E-state index is 14.3. The number of halogens is 1. The van der Waals surface area contributed by atoms with Crippen molar-refractivity contribution < 1.29 is 19.4 Å². The second-order valence-corrected chi connectivity index (χ2v) is 10.2. The van der Waals surface area contributed by atoms with E-state index in [-0.39, 0.29) is 12.5 Å². The molecule has 1 N–H and O–H groups in total. The third-order valence-electron chi connectivity index (χ3n) is 6.73. The summed E-state index contributed by atoms with van der Waals surface area (Å²) in [4.78, 5) is 21.2. The Morgan fingerprint density at radius 3 is 2.62 bits per heavy atom. The molecule has 5 rings (SSSR count). The van der Waals surface area contributed by atoms with Crippen molar-refractivity contribution in [2.24, 2.45) is 4.99 Å². The third kappa shape index (κ3) is 5.06. The predicted molar refractivity (Wildman–Crippen MR) is 147 cm³/mol. The Hall–Kier alpha value is -3.42. The highest BCUT2D eigenvalue weighted by Gasteiger charge is 2.56. The Balaban J connectivity index is 1.59. The van der Waals surface area contributed by atoms with Crippen molar-refractivity contribution in [3.05, 3.63) is 112 Å². The topological polar surface area (TPSA) is 71.4 Å². The van der Waals surface area contributed by atoms with Gasteiger partial charge in [-0.1, -0.05) is 58.4 Å². The largest absolute Gasteiger partial charge is 0.494 e. The van der Waals surface area contributed by atoms with Crippen LogP contribution in [0.2, 0.25) is 0 Å². The number of hydrogen-bond acceptors (Lipinski definition) is 5. The zero-order chi connectivity index (χ0) is 25.8. The summed E-state index contributed by atoms with van der Waals surface area (Å²) in [5, 5.41) is 8.99. The monoisotopic (exact) mass is 560 g/mol. The van der Waals surface area contributed by atoms with Crippen molar-refractivity contribution in [2.75, 3.05) is 19.8 Å². The second kappa shape index (κ2) is 10.9. The molecular weight excluding hydrogens is 532 g/mol. The number of aliphatic imine (C=N–C) groups is 1. The Morgan fingerprint density at radius 2 is 1.89 bits per heavy atom. The molecule has 0 unspecified atom stereocenters. The van der Waals surface area contributed by atoms with Gasteiger partial charge in [-0.25, -0.2) is 4.99 Å². The van der Waals surface area contributed by atoms with E-state index in [1.165, 1.54) is 0 Å². The van der Waals surface area contributed by atoms with Crippen LogP contribution in [0.1, 0.15) is 34.8 Å². The quantitative estimate of drug-likeness (QED) is 0.287. The lowest BCUT2D eigenvalue weighted by Gasteiger charge is -2.32. The summed E-state index contributed by atoms with van der Waals surface area (Å²) in [6.07, 6.45) is 2.16. The van der Waals surface area contributed by atoms with Crippen LogP contribution in [0.25, 0.3) is 0 Å². The minimum atomic E-state index is -1.16. The molecule has 3 aromatic rings. The number of amides is 1. The molecule has 0 radical (unpaired) electrons. The van der Waals surface area contributed by atoms with Gasteiger partial charge in [-0.15, -0.1) is 6.58 Å². The van der Waals surface area contributed by atoms with E-state index >= 15 is 0 Å². The molecule has 2 aliphatic heterocycles. The first-order valence-electron chi connectivity index (χ1n) is 12.4. The standard InChI is InChI=1S/C30H29BrN2O4/c1-2-16-33-20-23-6-3-4-7-26(23)27-30(29(33)35,19-21-8-12-24(31)13-9-21)32-28(37-27)22-10-14-25(15-11-22)36-18-5-17-34/h2-4,6-15,27,34H,1,5,16-20H2/t27-,30-/m1/s1. The molecule has 3 aromatic carbocycles. The van der Waals surface area contributed by atoms with Gasteiger partial charge in [0.25, 0.3) is 5.91 Å². The van der Waals surface area contributed by atoms with Gasteiger partial charge in [0.15, 0.2) is 11.6 Å². The molecule has 0 fully saturated rings. The summed E-state index contributed by atoms with van der Waals surface area (Å²) in [6.45, 7) is 5.31. The number of carbonyl (C=O) groups excluding carboxylic acids is 1. The zero-order valence-electron chi connectivity index (χ0n) is 20.5. The number of aliphatic hydroxyl groups excluding tert-OH is 1. The number of fused-ring (bicyclic) bond motifs is 3. The Bertz CT molecular complexity index is 1310. The summed E-state index contributed by atoms with van der Waals surface area (Å²) in [5.74, 6) is 1.07. The second-order valence-electron chi connectivity index (χ2n) is 9.27. The maximum Gasteiger partial charge on any atom is 0.255 e. The van der Waals surface area contributed by atoms with E-state index in [9.17, 15) is 4.79 Å². The fourth-order valence-electron chi connectivity index (χ4n) is 4.95. The van der Waals surface area contributed by atoms with Crippen LogP contribution in [0.3, 0.4) is 0 Å². The van der Waals surface area contributed by atoms with Crippen molar-refractivity contribution in [1.82, 2.24) is 4.90 Å². The Labute approximate surface area is 225 Å². The molecular formula is C30H29BrN2O4. The van der Waals surface area contributed by atoms with Crippen molar-refractivity contribution >= 4 is 27.7 Å². The number of aliphatic hydroxyl groups is 1. The molecule has 2 aliphatic rings. The van der Waals surface area contributed by atoms with Crippen LogP contribution in [0, 0.1) is 0 Å². The molecule has 37 heavy (non-hydrogen) atoms. The highest BCUT2D eigenvalue weighted by molar-refractivity contribution is 9.10. The van der Waals surface area contributed by atoms with Gasteiger partial charge in [0.1, 0.15) is 5.75 Å². The predicted octanol–water partition coefficient (Wildman–Crippen LogP) is 5.24. The van der Waals surface area contributed by atoms with Crippen LogP contribution in [0.4, 0.5) is 0 Å². The van der Waals surface area contributed by atoms with Crippen LogP contribution < -0.4 is 4.74 Å². The number of nitrogens with zero attached hydrogens (tertiary/aromatic N) is 2. The Morgan fingerprint density at radius 1 is 1.14 bits per heavy atom. The van der Waals surface area contributed by atoms with Crippen molar-refractivity contribution in [1.29, 1.82) is 0 Å². The molecule has 0 saturated carbocycles. The van der Waals surface area contributed by atoms with Crippen molar-refractivity contribution in [3.8, 4) is 5.75 Å². The zero-order valence-corrected chi connectivity index (χ0v) is 22.1. The first-order valence-corrected chi connectivity index (χ1v) is 13.2. The molecule has 2 heterocycles. The van der Waals surface area contributed by atoms with Gasteiger partial charge in [0, 0.05) is 48.1 Å². The first-order chi connectivity index (χ1) is 18.0. The molecule has 190 valence electrons. The summed E-state index contributed by atoms with van der Waals surface area (Å²) in [5.41, 5.74) is 2.64. The summed E-state index contributed by atoms with van der Waals surface area (Å²) < 4.78 is 13.2. The number of benzene rings is 3. The van der Waals surface area contributed by atoms with E-state index in [4.69, 9.17) is 19.6 Å².